The van der Waals surface area contributed by atoms with E-state index in [2.05, 4.69) is 11.7 Å². The van der Waals surface area contributed by atoms with Crippen LogP contribution in [0.1, 0.15) is 30.1 Å². The van der Waals surface area contributed by atoms with Crippen LogP contribution >= 0.6 is 0 Å². The standard InChI is InChI=1S/C11H16N2O2/c1-4-5-6-9(2)15-11(14)10-7-12-13(3)8-10/h4,7-9H,1,5-6H2,2-3H3. The third-order valence-corrected chi connectivity index (χ3v) is 2.03. The van der Waals surface area contributed by atoms with E-state index in [1.807, 2.05) is 13.0 Å². The summed E-state index contributed by atoms with van der Waals surface area (Å²) in [6, 6.07) is 0. The molecule has 1 heterocycles. The average Bonchev–Trinajstić information content (AvgIpc) is 2.61. The lowest BCUT2D eigenvalue weighted by Gasteiger charge is -2.10. The Balaban J connectivity index is 2.45. The molecule has 0 amide bonds. The summed E-state index contributed by atoms with van der Waals surface area (Å²) in [4.78, 5) is 11.5. The van der Waals surface area contributed by atoms with Gasteiger partial charge in [0, 0.05) is 13.2 Å². The summed E-state index contributed by atoms with van der Waals surface area (Å²) in [6.45, 7) is 5.49. The van der Waals surface area contributed by atoms with Gasteiger partial charge in [0.25, 0.3) is 0 Å². The molecule has 4 heteroatoms. The smallest absolute Gasteiger partial charge is 0.341 e. The summed E-state index contributed by atoms with van der Waals surface area (Å²) in [5.74, 6) is -0.320. The number of rotatable bonds is 5. The van der Waals surface area contributed by atoms with Crippen LogP contribution in [0, 0.1) is 0 Å². The molecule has 0 aromatic carbocycles. The summed E-state index contributed by atoms with van der Waals surface area (Å²) < 4.78 is 6.79. The third kappa shape index (κ3) is 3.58. The van der Waals surface area contributed by atoms with E-state index in [1.54, 1.807) is 17.9 Å². The molecule has 0 saturated carbocycles. The molecule has 1 atom stereocenters. The van der Waals surface area contributed by atoms with Crippen LogP contribution in [-0.4, -0.2) is 21.9 Å². The van der Waals surface area contributed by atoms with Crippen LogP contribution in [0.4, 0.5) is 0 Å². The number of aromatic nitrogens is 2. The molecule has 0 N–H and O–H groups in total. The van der Waals surface area contributed by atoms with E-state index in [4.69, 9.17) is 4.74 Å². The van der Waals surface area contributed by atoms with Gasteiger partial charge in [-0.05, 0) is 19.8 Å². The molecule has 15 heavy (non-hydrogen) atoms. The molecule has 0 aliphatic carbocycles. The molecular weight excluding hydrogens is 192 g/mol. The van der Waals surface area contributed by atoms with Gasteiger partial charge in [0.2, 0.25) is 0 Å². The highest BCUT2D eigenvalue weighted by Gasteiger charge is 2.12. The van der Waals surface area contributed by atoms with Crippen LogP contribution in [0.15, 0.2) is 25.0 Å². The minimum absolute atomic E-state index is 0.0873. The van der Waals surface area contributed by atoms with Crippen molar-refractivity contribution in [2.24, 2.45) is 7.05 Å². The predicted octanol–water partition coefficient (Wildman–Crippen LogP) is 1.93. The maximum atomic E-state index is 11.5. The molecule has 0 aliphatic rings. The number of aryl methyl sites for hydroxylation is 1. The van der Waals surface area contributed by atoms with Gasteiger partial charge in [-0.15, -0.1) is 6.58 Å². The Hall–Kier alpha value is -1.58. The quantitative estimate of drug-likeness (QED) is 0.548. The Bertz CT molecular complexity index is 344. The van der Waals surface area contributed by atoms with Gasteiger partial charge < -0.3 is 4.74 Å². The first-order valence-corrected chi connectivity index (χ1v) is 4.94. The fourth-order valence-corrected chi connectivity index (χ4v) is 1.19. The number of hydrogen-bond acceptors (Lipinski definition) is 3. The average molecular weight is 208 g/mol. The van der Waals surface area contributed by atoms with E-state index in [-0.39, 0.29) is 12.1 Å². The van der Waals surface area contributed by atoms with Crippen molar-refractivity contribution in [2.75, 3.05) is 0 Å². The van der Waals surface area contributed by atoms with Crippen LogP contribution in [0.5, 0.6) is 0 Å². The molecule has 0 fully saturated rings. The van der Waals surface area contributed by atoms with Crippen LogP contribution in [0.2, 0.25) is 0 Å². The highest BCUT2D eigenvalue weighted by molar-refractivity contribution is 5.88. The second-order valence-corrected chi connectivity index (χ2v) is 3.48. The van der Waals surface area contributed by atoms with E-state index in [0.29, 0.717) is 5.56 Å². The Morgan fingerprint density at radius 3 is 3.07 bits per heavy atom. The lowest BCUT2D eigenvalue weighted by Crippen LogP contribution is -2.14. The first-order valence-electron chi connectivity index (χ1n) is 4.94. The first kappa shape index (κ1) is 11.5. The zero-order chi connectivity index (χ0) is 11.3. The monoisotopic (exact) mass is 208 g/mol. The van der Waals surface area contributed by atoms with Crippen LogP contribution < -0.4 is 0 Å². The number of esters is 1. The van der Waals surface area contributed by atoms with Crippen molar-refractivity contribution in [3.8, 4) is 0 Å². The van der Waals surface area contributed by atoms with E-state index in [0.717, 1.165) is 12.8 Å². The van der Waals surface area contributed by atoms with Gasteiger partial charge in [-0.2, -0.15) is 5.10 Å². The lowest BCUT2D eigenvalue weighted by molar-refractivity contribution is 0.0326. The first-order chi connectivity index (χ1) is 7.13. The number of ether oxygens (including phenoxy) is 1. The van der Waals surface area contributed by atoms with Crippen molar-refractivity contribution >= 4 is 5.97 Å². The maximum Gasteiger partial charge on any atom is 0.341 e. The summed E-state index contributed by atoms with van der Waals surface area (Å²) >= 11 is 0. The van der Waals surface area contributed by atoms with Crippen LogP contribution in [0.3, 0.4) is 0 Å². The molecule has 1 aromatic heterocycles. The van der Waals surface area contributed by atoms with Gasteiger partial charge in [-0.1, -0.05) is 6.08 Å². The Morgan fingerprint density at radius 2 is 2.53 bits per heavy atom. The summed E-state index contributed by atoms with van der Waals surface area (Å²) in [5.41, 5.74) is 0.489. The number of hydrogen-bond donors (Lipinski definition) is 0. The number of carbonyl (C=O) groups is 1. The number of nitrogens with zero attached hydrogens (tertiary/aromatic N) is 2. The van der Waals surface area contributed by atoms with Gasteiger partial charge >= 0.3 is 5.97 Å². The van der Waals surface area contributed by atoms with Gasteiger partial charge in [-0.3, -0.25) is 4.68 Å². The Labute approximate surface area is 89.5 Å². The highest BCUT2D eigenvalue weighted by atomic mass is 16.5. The largest absolute Gasteiger partial charge is 0.459 e. The topological polar surface area (TPSA) is 44.1 Å². The lowest BCUT2D eigenvalue weighted by atomic mass is 10.2. The summed E-state index contributed by atoms with van der Waals surface area (Å²) in [5, 5.41) is 3.91. The molecule has 1 aromatic rings. The predicted molar refractivity (Wildman–Crippen MR) is 57.5 cm³/mol. The molecule has 1 rings (SSSR count). The maximum absolute atomic E-state index is 11.5. The number of allylic oxidation sites excluding steroid dienone is 1. The molecule has 0 radical (unpaired) electrons. The van der Waals surface area contributed by atoms with Crippen molar-refractivity contribution < 1.29 is 9.53 Å². The van der Waals surface area contributed by atoms with Gasteiger partial charge in [-0.25, -0.2) is 4.79 Å². The molecular formula is C11H16N2O2. The molecule has 0 spiro atoms. The van der Waals surface area contributed by atoms with Gasteiger partial charge in [0.05, 0.1) is 17.9 Å². The van der Waals surface area contributed by atoms with E-state index < -0.39 is 0 Å². The molecule has 4 nitrogen and oxygen atoms in total. The fraction of sp³-hybridized carbons (Fsp3) is 0.455. The number of carbonyl (C=O) groups excluding carboxylic acids is 1. The molecule has 0 saturated heterocycles. The minimum Gasteiger partial charge on any atom is -0.459 e. The summed E-state index contributed by atoms with van der Waals surface area (Å²) in [7, 11) is 1.76. The molecule has 1 unspecified atom stereocenters. The highest BCUT2D eigenvalue weighted by Crippen LogP contribution is 2.06. The zero-order valence-electron chi connectivity index (χ0n) is 9.14. The van der Waals surface area contributed by atoms with Crippen LogP contribution in [-0.2, 0) is 11.8 Å². The fourth-order valence-electron chi connectivity index (χ4n) is 1.19. The van der Waals surface area contributed by atoms with E-state index in [1.165, 1.54) is 6.20 Å². The van der Waals surface area contributed by atoms with Crippen molar-refractivity contribution in [3.05, 3.63) is 30.6 Å². The molecule has 0 aliphatic heterocycles. The summed E-state index contributed by atoms with van der Waals surface area (Å²) in [6.07, 6.45) is 6.52. The Kier molecular flexibility index (Phi) is 4.09. The van der Waals surface area contributed by atoms with Crippen molar-refractivity contribution in [1.82, 2.24) is 9.78 Å². The van der Waals surface area contributed by atoms with E-state index >= 15 is 0 Å². The van der Waals surface area contributed by atoms with Gasteiger partial charge in [0.1, 0.15) is 0 Å². The van der Waals surface area contributed by atoms with Crippen molar-refractivity contribution in [1.29, 1.82) is 0 Å². The molecule has 82 valence electrons. The van der Waals surface area contributed by atoms with Crippen LogP contribution in [0.25, 0.3) is 0 Å². The van der Waals surface area contributed by atoms with Crippen molar-refractivity contribution in [3.63, 3.8) is 0 Å². The Morgan fingerprint density at radius 1 is 1.80 bits per heavy atom. The van der Waals surface area contributed by atoms with Gasteiger partial charge in [0.15, 0.2) is 0 Å². The van der Waals surface area contributed by atoms with Crippen molar-refractivity contribution in [2.45, 2.75) is 25.9 Å². The SMILES string of the molecule is C=CCCC(C)OC(=O)c1cnn(C)c1. The molecule has 0 bridgehead atoms. The zero-order valence-corrected chi connectivity index (χ0v) is 9.14. The minimum atomic E-state index is -0.320. The van der Waals surface area contributed by atoms with E-state index in [9.17, 15) is 4.79 Å². The second-order valence-electron chi connectivity index (χ2n) is 3.48. The third-order valence-electron chi connectivity index (χ3n) is 2.03. The second kappa shape index (κ2) is 5.34. The normalized spacial score (nSPS) is 12.1.